The molecule has 0 saturated carbocycles. The van der Waals surface area contributed by atoms with E-state index in [0.717, 1.165) is 14.0 Å². The number of aromatic carboxylic acids is 1. The van der Waals surface area contributed by atoms with Crippen LogP contribution in [0, 0.1) is 3.57 Å². The van der Waals surface area contributed by atoms with E-state index >= 15 is 0 Å². The summed E-state index contributed by atoms with van der Waals surface area (Å²) in [6.45, 7) is 2.44. The number of carbonyl (C=O) groups is 3. The van der Waals surface area contributed by atoms with Crippen molar-refractivity contribution in [3.8, 4) is 11.5 Å². The second-order valence-corrected chi connectivity index (χ2v) is 9.26. The van der Waals surface area contributed by atoms with Crippen molar-refractivity contribution in [3.05, 3.63) is 91.6 Å². The lowest BCUT2D eigenvalue weighted by molar-refractivity contribution is -0.113. The SMILES string of the molecule is CCOc1cc(/C=C2/NC(=O)N(c3cccc(Cl)c3)C2=O)cc(I)c1OCc1ccc(C(=O)O)cc1. The number of urea groups is 1. The number of ether oxygens (including phenoxy) is 2. The normalized spacial score (nSPS) is 14.2. The number of anilines is 1. The Bertz CT molecular complexity index is 1370. The first-order valence-electron chi connectivity index (χ1n) is 10.8. The standard InChI is InChI=1S/C26H20ClIN2O6/c1-2-35-22-12-16(10-20(28)23(22)36-14-15-6-8-17(9-7-15)25(32)33)11-21-24(31)30(26(34)29-21)19-5-3-4-18(27)13-19/h3-13H,2,14H2,1H3,(H,29,34)(H,32,33)/b21-11+. The van der Waals surface area contributed by atoms with Gasteiger partial charge in [-0.3, -0.25) is 4.79 Å². The second-order valence-electron chi connectivity index (χ2n) is 7.66. The summed E-state index contributed by atoms with van der Waals surface area (Å²) in [6.07, 6.45) is 1.57. The van der Waals surface area contributed by atoms with Crippen molar-refractivity contribution in [3.63, 3.8) is 0 Å². The van der Waals surface area contributed by atoms with E-state index in [1.807, 2.05) is 6.92 Å². The molecule has 0 bridgehead atoms. The number of nitrogens with one attached hydrogen (secondary N) is 1. The highest BCUT2D eigenvalue weighted by Crippen LogP contribution is 2.36. The number of benzene rings is 3. The molecule has 1 heterocycles. The molecule has 3 amide bonds. The fraction of sp³-hybridized carbons (Fsp3) is 0.115. The van der Waals surface area contributed by atoms with Crippen LogP contribution in [-0.2, 0) is 11.4 Å². The zero-order valence-corrected chi connectivity index (χ0v) is 21.9. The Morgan fingerprint density at radius 2 is 1.86 bits per heavy atom. The molecule has 36 heavy (non-hydrogen) atoms. The van der Waals surface area contributed by atoms with Crippen molar-refractivity contribution in [2.24, 2.45) is 0 Å². The summed E-state index contributed by atoms with van der Waals surface area (Å²) in [4.78, 5) is 37.5. The van der Waals surface area contributed by atoms with E-state index in [1.54, 1.807) is 54.6 Å². The van der Waals surface area contributed by atoms with Gasteiger partial charge in [0.05, 0.1) is 21.4 Å². The van der Waals surface area contributed by atoms with Crippen LogP contribution in [0.15, 0.2) is 66.4 Å². The maximum Gasteiger partial charge on any atom is 0.335 e. The van der Waals surface area contributed by atoms with Gasteiger partial charge in [-0.1, -0.05) is 29.8 Å². The molecule has 10 heteroatoms. The minimum Gasteiger partial charge on any atom is -0.490 e. The lowest BCUT2D eigenvalue weighted by atomic mass is 10.1. The quantitative estimate of drug-likeness (QED) is 0.190. The summed E-state index contributed by atoms with van der Waals surface area (Å²) in [5.74, 6) is -0.500. The summed E-state index contributed by atoms with van der Waals surface area (Å²) in [7, 11) is 0. The Kier molecular flexibility index (Phi) is 7.80. The maximum absolute atomic E-state index is 13.0. The van der Waals surface area contributed by atoms with Gasteiger partial charge in [-0.2, -0.15) is 0 Å². The number of hydrogen-bond donors (Lipinski definition) is 2. The third kappa shape index (κ3) is 5.63. The lowest BCUT2D eigenvalue weighted by Gasteiger charge is -2.15. The third-order valence-corrected chi connectivity index (χ3v) is 6.21. The van der Waals surface area contributed by atoms with E-state index in [-0.39, 0.29) is 17.9 Å². The van der Waals surface area contributed by atoms with Crippen LogP contribution in [-0.4, -0.2) is 29.6 Å². The zero-order valence-electron chi connectivity index (χ0n) is 19.0. The van der Waals surface area contributed by atoms with Crippen LogP contribution in [0.25, 0.3) is 6.08 Å². The van der Waals surface area contributed by atoms with Crippen molar-refractivity contribution in [1.82, 2.24) is 5.32 Å². The van der Waals surface area contributed by atoms with Gasteiger partial charge in [0.15, 0.2) is 11.5 Å². The summed E-state index contributed by atoms with van der Waals surface area (Å²) in [5.41, 5.74) is 2.12. The van der Waals surface area contributed by atoms with Crippen molar-refractivity contribution in [2.45, 2.75) is 13.5 Å². The van der Waals surface area contributed by atoms with Gasteiger partial charge in [-0.25, -0.2) is 14.5 Å². The Morgan fingerprint density at radius 3 is 2.53 bits per heavy atom. The van der Waals surface area contributed by atoms with Crippen molar-refractivity contribution in [1.29, 1.82) is 0 Å². The number of carboxylic acids is 1. The van der Waals surface area contributed by atoms with E-state index in [1.165, 1.54) is 12.1 Å². The number of amides is 3. The summed E-state index contributed by atoms with van der Waals surface area (Å²) in [5, 5.41) is 12.1. The predicted molar refractivity (Wildman–Crippen MR) is 144 cm³/mol. The lowest BCUT2D eigenvalue weighted by Crippen LogP contribution is -2.30. The first-order chi connectivity index (χ1) is 17.3. The van der Waals surface area contributed by atoms with Crippen molar-refractivity contribution < 1.29 is 29.0 Å². The molecule has 184 valence electrons. The molecular weight excluding hydrogens is 599 g/mol. The molecule has 4 rings (SSSR count). The molecule has 1 aliphatic heterocycles. The van der Waals surface area contributed by atoms with Gasteiger partial charge in [-0.05, 0) is 89.2 Å². The van der Waals surface area contributed by atoms with Gasteiger partial charge in [0, 0.05) is 5.02 Å². The molecule has 0 aliphatic carbocycles. The number of halogens is 2. The average Bonchev–Trinajstić information content (AvgIpc) is 3.11. The third-order valence-electron chi connectivity index (χ3n) is 5.17. The number of carbonyl (C=O) groups excluding carboxylic acids is 2. The van der Waals surface area contributed by atoms with E-state index < -0.39 is 17.9 Å². The predicted octanol–water partition coefficient (Wildman–Crippen LogP) is 5.72. The highest BCUT2D eigenvalue weighted by atomic mass is 127. The highest BCUT2D eigenvalue weighted by molar-refractivity contribution is 14.1. The molecule has 1 aliphatic rings. The Morgan fingerprint density at radius 1 is 1.11 bits per heavy atom. The first kappa shape index (κ1) is 25.5. The summed E-state index contributed by atoms with van der Waals surface area (Å²) >= 11 is 8.13. The second kappa shape index (κ2) is 11.0. The molecule has 2 N–H and O–H groups in total. The fourth-order valence-corrected chi connectivity index (χ4v) is 4.49. The van der Waals surface area contributed by atoms with Crippen LogP contribution < -0.4 is 19.7 Å². The largest absolute Gasteiger partial charge is 0.490 e. The molecule has 3 aromatic rings. The topological polar surface area (TPSA) is 105 Å². The molecule has 0 spiro atoms. The number of rotatable bonds is 8. The van der Waals surface area contributed by atoms with Gasteiger partial charge in [0.1, 0.15) is 12.3 Å². The molecule has 0 radical (unpaired) electrons. The Labute approximate surface area is 225 Å². The van der Waals surface area contributed by atoms with Gasteiger partial charge in [-0.15, -0.1) is 0 Å². The van der Waals surface area contributed by atoms with Gasteiger partial charge >= 0.3 is 12.0 Å². The minimum atomic E-state index is -0.993. The fourth-order valence-electron chi connectivity index (χ4n) is 3.52. The van der Waals surface area contributed by atoms with Gasteiger partial charge < -0.3 is 19.9 Å². The van der Waals surface area contributed by atoms with Crippen LogP contribution >= 0.6 is 34.2 Å². The average molecular weight is 619 g/mol. The zero-order chi connectivity index (χ0) is 25.8. The molecule has 0 atom stereocenters. The number of imide groups is 1. The van der Waals surface area contributed by atoms with Crippen LogP contribution in [0.4, 0.5) is 10.5 Å². The van der Waals surface area contributed by atoms with Crippen molar-refractivity contribution >= 4 is 63.9 Å². The van der Waals surface area contributed by atoms with Crippen LogP contribution in [0.2, 0.25) is 5.02 Å². The maximum atomic E-state index is 13.0. The van der Waals surface area contributed by atoms with Crippen molar-refractivity contribution in [2.75, 3.05) is 11.5 Å². The minimum absolute atomic E-state index is 0.116. The van der Waals surface area contributed by atoms with Gasteiger partial charge in [0.25, 0.3) is 5.91 Å². The monoisotopic (exact) mass is 618 g/mol. The van der Waals surface area contributed by atoms with Crippen LogP contribution in [0.5, 0.6) is 11.5 Å². The smallest absolute Gasteiger partial charge is 0.335 e. The molecule has 1 saturated heterocycles. The van der Waals surface area contributed by atoms with E-state index in [0.29, 0.717) is 34.4 Å². The van der Waals surface area contributed by atoms with E-state index in [2.05, 4.69) is 27.9 Å². The first-order valence-corrected chi connectivity index (χ1v) is 12.3. The van der Waals surface area contributed by atoms with E-state index in [4.69, 9.17) is 26.2 Å². The highest BCUT2D eigenvalue weighted by Gasteiger charge is 2.35. The number of hydrogen-bond acceptors (Lipinski definition) is 5. The molecule has 8 nitrogen and oxygen atoms in total. The molecule has 0 unspecified atom stereocenters. The Balaban J connectivity index is 1.57. The Hall–Kier alpha value is -3.57. The van der Waals surface area contributed by atoms with Gasteiger partial charge in [0.2, 0.25) is 0 Å². The van der Waals surface area contributed by atoms with Crippen LogP contribution in [0.1, 0.15) is 28.4 Å². The molecule has 3 aromatic carbocycles. The number of carboxylic acid groups (broad SMARTS) is 1. The molecular formula is C26H20ClIN2O6. The van der Waals surface area contributed by atoms with Crippen LogP contribution in [0.3, 0.4) is 0 Å². The van der Waals surface area contributed by atoms with E-state index in [9.17, 15) is 14.4 Å². The number of nitrogens with zero attached hydrogens (tertiary/aromatic N) is 1. The summed E-state index contributed by atoms with van der Waals surface area (Å²) in [6, 6.07) is 15.9. The molecule has 1 fully saturated rings. The molecule has 0 aromatic heterocycles. The summed E-state index contributed by atoms with van der Waals surface area (Å²) < 4.78 is 12.5.